The monoisotopic (exact) mass is 345 g/mol. The fourth-order valence-corrected chi connectivity index (χ4v) is 4.17. The van der Waals surface area contributed by atoms with Crippen LogP contribution < -0.4 is 11.1 Å². The Labute approximate surface area is 150 Å². The Balaban J connectivity index is 1.60. The maximum atomic E-state index is 12.4. The lowest BCUT2D eigenvalue weighted by Gasteiger charge is -2.35. The van der Waals surface area contributed by atoms with Crippen LogP contribution in [0.4, 0.5) is 0 Å². The van der Waals surface area contributed by atoms with Crippen LogP contribution in [-0.4, -0.2) is 42.1 Å². The number of nitrogens with one attached hydrogen (secondary N) is 1. The van der Waals surface area contributed by atoms with E-state index >= 15 is 0 Å². The fourth-order valence-electron chi connectivity index (χ4n) is 4.17. The lowest BCUT2D eigenvalue weighted by Crippen LogP contribution is -2.45. The van der Waals surface area contributed by atoms with Crippen molar-refractivity contribution in [2.75, 3.05) is 13.1 Å². The van der Waals surface area contributed by atoms with Gasteiger partial charge in [-0.05, 0) is 37.8 Å². The Hall–Kier alpha value is -1.43. The number of carbonyl (C=O) groups excluding carboxylic acids is 1. The van der Waals surface area contributed by atoms with Gasteiger partial charge in [-0.1, -0.05) is 30.7 Å². The van der Waals surface area contributed by atoms with E-state index in [1.165, 1.54) is 11.1 Å². The summed E-state index contributed by atoms with van der Waals surface area (Å²) in [5.74, 6) is 0.0847. The summed E-state index contributed by atoms with van der Waals surface area (Å²) in [6, 6.07) is 8.40. The molecule has 1 heterocycles. The zero-order valence-electron chi connectivity index (χ0n) is 15.4. The molecule has 1 aromatic rings. The minimum atomic E-state index is -0.0203. The van der Waals surface area contributed by atoms with Crippen molar-refractivity contribution < 1.29 is 9.53 Å². The summed E-state index contributed by atoms with van der Waals surface area (Å²) >= 11 is 0. The van der Waals surface area contributed by atoms with Crippen molar-refractivity contribution in [1.29, 1.82) is 0 Å². The van der Waals surface area contributed by atoms with Gasteiger partial charge in [0.1, 0.15) is 0 Å². The van der Waals surface area contributed by atoms with E-state index in [0.29, 0.717) is 6.54 Å². The summed E-state index contributed by atoms with van der Waals surface area (Å²) in [7, 11) is 0. The molecule has 3 rings (SSSR count). The Bertz CT molecular complexity index is 582. The van der Waals surface area contributed by atoms with Crippen LogP contribution in [0.15, 0.2) is 24.3 Å². The predicted octanol–water partition coefficient (Wildman–Crippen LogP) is 2.04. The molecule has 1 amide bonds. The van der Waals surface area contributed by atoms with Crippen molar-refractivity contribution >= 4 is 5.91 Å². The van der Waals surface area contributed by atoms with Crippen molar-refractivity contribution in [2.45, 2.75) is 64.4 Å². The van der Waals surface area contributed by atoms with E-state index in [-0.39, 0.29) is 30.1 Å². The third-order valence-electron chi connectivity index (χ3n) is 5.37. The highest BCUT2D eigenvalue weighted by Gasteiger charge is 2.30. The minimum absolute atomic E-state index is 0.0200. The Morgan fingerprint density at radius 2 is 1.88 bits per heavy atom. The van der Waals surface area contributed by atoms with Crippen LogP contribution in [0.5, 0.6) is 0 Å². The number of benzene rings is 1. The van der Waals surface area contributed by atoms with Crippen LogP contribution in [0.3, 0.4) is 0 Å². The number of rotatable bonds is 5. The largest absolute Gasteiger partial charge is 0.373 e. The van der Waals surface area contributed by atoms with Crippen LogP contribution in [0, 0.1) is 5.92 Å². The summed E-state index contributed by atoms with van der Waals surface area (Å²) in [6.45, 7) is 7.61. The summed E-state index contributed by atoms with van der Waals surface area (Å²) in [5, 5.41) is 3.10. The number of carbonyl (C=O) groups is 1. The summed E-state index contributed by atoms with van der Waals surface area (Å²) in [6.07, 6.45) is 3.46. The number of hydrogen-bond donors (Lipinski definition) is 2. The SMILES string of the molecule is CC1CN(Cc2ccccc2CNC(=O)C2CCCC2N)CC(C)O1. The van der Waals surface area contributed by atoms with E-state index in [9.17, 15) is 4.79 Å². The van der Waals surface area contributed by atoms with Crippen LogP contribution in [0.1, 0.15) is 44.2 Å². The third kappa shape index (κ3) is 4.81. The average Bonchev–Trinajstić information content (AvgIpc) is 2.99. The van der Waals surface area contributed by atoms with Crippen LogP contribution >= 0.6 is 0 Å². The average molecular weight is 345 g/mol. The lowest BCUT2D eigenvalue weighted by atomic mass is 10.0. The van der Waals surface area contributed by atoms with Gasteiger partial charge in [0.25, 0.3) is 0 Å². The van der Waals surface area contributed by atoms with Crippen molar-refractivity contribution in [3.8, 4) is 0 Å². The van der Waals surface area contributed by atoms with E-state index < -0.39 is 0 Å². The third-order valence-corrected chi connectivity index (χ3v) is 5.37. The molecule has 1 aliphatic carbocycles. The Morgan fingerprint density at radius 1 is 1.20 bits per heavy atom. The number of amides is 1. The molecular weight excluding hydrogens is 314 g/mol. The summed E-state index contributed by atoms with van der Waals surface area (Å²) in [5.41, 5.74) is 8.52. The highest BCUT2D eigenvalue weighted by molar-refractivity contribution is 5.79. The number of hydrogen-bond acceptors (Lipinski definition) is 4. The second kappa shape index (κ2) is 8.30. The summed E-state index contributed by atoms with van der Waals surface area (Å²) < 4.78 is 5.82. The van der Waals surface area contributed by atoms with Gasteiger partial charge in [0.05, 0.1) is 18.1 Å². The van der Waals surface area contributed by atoms with Gasteiger partial charge in [-0.15, -0.1) is 0 Å². The Morgan fingerprint density at radius 3 is 2.52 bits per heavy atom. The molecule has 138 valence electrons. The van der Waals surface area contributed by atoms with Crippen molar-refractivity contribution in [1.82, 2.24) is 10.2 Å². The lowest BCUT2D eigenvalue weighted by molar-refractivity contribution is -0.125. The minimum Gasteiger partial charge on any atom is -0.373 e. The molecule has 2 fully saturated rings. The molecule has 25 heavy (non-hydrogen) atoms. The predicted molar refractivity (Wildman–Crippen MR) is 98.9 cm³/mol. The number of morpholine rings is 1. The molecule has 0 radical (unpaired) electrons. The first-order valence-corrected chi connectivity index (χ1v) is 9.51. The molecule has 5 heteroatoms. The van der Waals surface area contributed by atoms with Gasteiger partial charge < -0.3 is 15.8 Å². The molecule has 5 nitrogen and oxygen atoms in total. The first-order chi connectivity index (χ1) is 12.0. The second-order valence-electron chi connectivity index (χ2n) is 7.64. The highest BCUT2D eigenvalue weighted by atomic mass is 16.5. The number of nitrogens with zero attached hydrogens (tertiary/aromatic N) is 1. The van der Waals surface area contributed by atoms with Gasteiger partial charge in [0.15, 0.2) is 0 Å². The maximum Gasteiger partial charge on any atom is 0.224 e. The molecule has 2 aliphatic rings. The molecular formula is C20H31N3O2. The molecule has 1 saturated carbocycles. The van der Waals surface area contributed by atoms with Crippen LogP contribution in [0.25, 0.3) is 0 Å². The smallest absolute Gasteiger partial charge is 0.224 e. The molecule has 0 spiro atoms. The van der Waals surface area contributed by atoms with Gasteiger partial charge >= 0.3 is 0 Å². The van der Waals surface area contributed by atoms with Crippen molar-refractivity contribution in [3.05, 3.63) is 35.4 Å². The first-order valence-electron chi connectivity index (χ1n) is 9.51. The van der Waals surface area contributed by atoms with Gasteiger partial charge in [0.2, 0.25) is 5.91 Å². The second-order valence-corrected chi connectivity index (χ2v) is 7.64. The van der Waals surface area contributed by atoms with E-state index in [0.717, 1.165) is 38.9 Å². The zero-order valence-corrected chi connectivity index (χ0v) is 15.4. The quantitative estimate of drug-likeness (QED) is 0.857. The van der Waals surface area contributed by atoms with Crippen molar-refractivity contribution in [3.63, 3.8) is 0 Å². The maximum absolute atomic E-state index is 12.4. The first kappa shape index (κ1) is 18.4. The molecule has 1 aromatic carbocycles. The van der Waals surface area contributed by atoms with Gasteiger partial charge in [-0.25, -0.2) is 0 Å². The molecule has 4 unspecified atom stereocenters. The normalized spacial score (nSPS) is 30.4. The molecule has 1 aliphatic heterocycles. The van der Waals surface area contributed by atoms with E-state index in [4.69, 9.17) is 10.5 Å². The van der Waals surface area contributed by atoms with Crippen LogP contribution in [0.2, 0.25) is 0 Å². The molecule has 1 saturated heterocycles. The van der Waals surface area contributed by atoms with E-state index in [1.807, 2.05) is 6.07 Å². The topological polar surface area (TPSA) is 67.6 Å². The van der Waals surface area contributed by atoms with E-state index in [1.54, 1.807) is 0 Å². The van der Waals surface area contributed by atoms with Gasteiger partial charge in [0, 0.05) is 32.2 Å². The standard InChI is InChI=1S/C20H31N3O2/c1-14-11-23(12-15(2)25-14)13-17-7-4-3-6-16(17)10-22-20(24)18-8-5-9-19(18)21/h3-4,6-7,14-15,18-19H,5,8-13,21H2,1-2H3,(H,22,24). The van der Waals surface area contributed by atoms with Crippen molar-refractivity contribution in [2.24, 2.45) is 11.7 Å². The molecule has 3 N–H and O–H groups in total. The highest BCUT2D eigenvalue weighted by Crippen LogP contribution is 2.24. The number of nitrogens with two attached hydrogens (primary N) is 1. The molecule has 4 atom stereocenters. The number of ether oxygens (including phenoxy) is 1. The van der Waals surface area contributed by atoms with Crippen LogP contribution in [-0.2, 0) is 22.6 Å². The van der Waals surface area contributed by atoms with E-state index in [2.05, 4.69) is 42.3 Å². The Kier molecular flexibility index (Phi) is 6.10. The fraction of sp³-hybridized carbons (Fsp3) is 0.650. The summed E-state index contributed by atoms with van der Waals surface area (Å²) in [4.78, 5) is 14.8. The van der Waals surface area contributed by atoms with Gasteiger partial charge in [-0.2, -0.15) is 0 Å². The molecule has 0 aromatic heterocycles. The molecule has 0 bridgehead atoms. The zero-order chi connectivity index (χ0) is 17.8. The van der Waals surface area contributed by atoms with Gasteiger partial charge in [-0.3, -0.25) is 9.69 Å².